The standard InChI is InChI=1S/C22H20N4OS/c1-15-3-7-18(8-4-15)22-25-20(14-28-22)21(27)24-19-9-5-17(6-10-19)13-26-12-11-23-16(26)2/h3-12,14H,13H2,1-2H3,(H,24,27). The number of rotatable bonds is 5. The van der Waals surface area contributed by atoms with Crippen molar-refractivity contribution < 1.29 is 4.79 Å². The summed E-state index contributed by atoms with van der Waals surface area (Å²) in [4.78, 5) is 21.2. The summed E-state index contributed by atoms with van der Waals surface area (Å²) in [7, 11) is 0. The second kappa shape index (κ2) is 7.78. The Labute approximate surface area is 167 Å². The molecule has 2 aromatic carbocycles. The molecule has 0 aliphatic carbocycles. The molecule has 0 spiro atoms. The summed E-state index contributed by atoms with van der Waals surface area (Å²) in [5, 5.41) is 5.55. The van der Waals surface area contributed by atoms with Gasteiger partial charge in [0.05, 0.1) is 0 Å². The topological polar surface area (TPSA) is 59.8 Å². The van der Waals surface area contributed by atoms with Crippen LogP contribution in [-0.4, -0.2) is 20.4 Å². The number of hydrogen-bond donors (Lipinski definition) is 1. The van der Waals surface area contributed by atoms with E-state index in [9.17, 15) is 4.79 Å². The molecule has 2 heterocycles. The van der Waals surface area contributed by atoms with Crippen molar-refractivity contribution in [3.05, 3.63) is 88.9 Å². The smallest absolute Gasteiger partial charge is 0.275 e. The maximum atomic E-state index is 12.5. The second-order valence-electron chi connectivity index (χ2n) is 6.66. The van der Waals surface area contributed by atoms with Gasteiger partial charge in [-0.05, 0) is 31.5 Å². The molecule has 0 atom stereocenters. The van der Waals surface area contributed by atoms with Gasteiger partial charge >= 0.3 is 0 Å². The van der Waals surface area contributed by atoms with Crippen molar-refractivity contribution in [2.24, 2.45) is 0 Å². The third-order valence-corrected chi connectivity index (χ3v) is 5.42. The fourth-order valence-corrected chi connectivity index (χ4v) is 3.67. The molecule has 0 radical (unpaired) electrons. The van der Waals surface area contributed by atoms with E-state index in [2.05, 4.69) is 19.9 Å². The first kappa shape index (κ1) is 18.1. The summed E-state index contributed by atoms with van der Waals surface area (Å²) in [6.07, 6.45) is 3.75. The van der Waals surface area contributed by atoms with Crippen molar-refractivity contribution in [1.29, 1.82) is 0 Å². The highest BCUT2D eigenvalue weighted by Gasteiger charge is 2.12. The molecular formula is C22H20N4OS. The average Bonchev–Trinajstić information content (AvgIpc) is 3.34. The minimum absolute atomic E-state index is 0.201. The molecule has 28 heavy (non-hydrogen) atoms. The Kier molecular flexibility index (Phi) is 5.04. The van der Waals surface area contributed by atoms with Gasteiger partial charge < -0.3 is 9.88 Å². The number of hydrogen-bond acceptors (Lipinski definition) is 4. The predicted octanol–water partition coefficient (Wildman–Crippen LogP) is 4.92. The highest BCUT2D eigenvalue weighted by molar-refractivity contribution is 7.13. The molecule has 4 rings (SSSR count). The lowest BCUT2D eigenvalue weighted by molar-refractivity contribution is 0.102. The lowest BCUT2D eigenvalue weighted by Crippen LogP contribution is -2.12. The molecule has 0 saturated heterocycles. The van der Waals surface area contributed by atoms with Crippen LogP contribution in [0.4, 0.5) is 5.69 Å². The zero-order valence-corrected chi connectivity index (χ0v) is 16.5. The Morgan fingerprint density at radius 1 is 1.07 bits per heavy atom. The van der Waals surface area contributed by atoms with Crippen LogP contribution in [0.25, 0.3) is 10.6 Å². The van der Waals surface area contributed by atoms with Gasteiger partial charge in [0.15, 0.2) is 0 Å². The SMILES string of the molecule is Cc1ccc(-c2nc(C(=O)Nc3ccc(Cn4ccnc4C)cc3)cs2)cc1. The number of amides is 1. The molecule has 4 aromatic rings. The molecule has 1 N–H and O–H groups in total. The van der Waals surface area contributed by atoms with Crippen molar-refractivity contribution in [3.8, 4) is 10.6 Å². The van der Waals surface area contributed by atoms with E-state index in [-0.39, 0.29) is 5.91 Å². The number of benzene rings is 2. The van der Waals surface area contributed by atoms with Crippen LogP contribution >= 0.6 is 11.3 Å². The minimum atomic E-state index is -0.201. The fraction of sp³-hybridized carbons (Fsp3) is 0.136. The Bertz CT molecular complexity index is 1090. The number of nitrogens with one attached hydrogen (secondary N) is 1. The Hall–Kier alpha value is -3.25. The number of nitrogens with zero attached hydrogens (tertiary/aromatic N) is 3. The molecule has 0 unspecified atom stereocenters. The summed E-state index contributed by atoms with van der Waals surface area (Å²) < 4.78 is 2.08. The molecule has 0 aliphatic rings. The second-order valence-corrected chi connectivity index (χ2v) is 7.52. The maximum Gasteiger partial charge on any atom is 0.275 e. The molecule has 2 aromatic heterocycles. The summed E-state index contributed by atoms with van der Waals surface area (Å²) in [6.45, 7) is 4.78. The van der Waals surface area contributed by atoms with Gasteiger partial charge in [-0.15, -0.1) is 11.3 Å². The summed E-state index contributed by atoms with van der Waals surface area (Å²) in [5.41, 5.74) is 4.55. The Morgan fingerprint density at radius 3 is 2.50 bits per heavy atom. The first-order valence-corrected chi connectivity index (χ1v) is 9.87. The maximum absolute atomic E-state index is 12.5. The van der Waals surface area contributed by atoms with Gasteiger partial charge in [0, 0.05) is 35.6 Å². The number of carbonyl (C=O) groups excluding carboxylic acids is 1. The summed E-state index contributed by atoms with van der Waals surface area (Å²) >= 11 is 1.47. The summed E-state index contributed by atoms with van der Waals surface area (Å²) in [5.74, 6) is 0.776. The lowest BCUT2D eigenvalue weighted by Gasteiger charge is -2.07. The van der Waals surface area contributed by atoms with Crippen LogP contribution in [0, 0.1) is 13.8 Å². The zero-order chi connectivity index (χ0) is 19.5. The molecule has 5 nitrogen and oxygen atoms in total. The molecule has 0 bridgehead atoms. The quantitative estimate of drug-likeness (QED) is 0.528. The molecule has 0 aliphatic heterocycles. The van der Waals surface area contributed by atoms with Crippen LogP contribution < -0.4 is 5.32 Å². The normalized spacial score (nSPS) is 10.8. The van der Waals surface area contributed by atoms with Gasteiger partial charge in [0.2, 0.25) is 0 Å². The van der Waals surface area contributed by atoms with Gasteiger partial charge in [0.1, 0.15) is 16.5 Å². The van der Waals surface area contributed by atoms with Crippen molar-refractivity contribution in [2.45, 2.75) is 20.4 Å². The molecule has 140 valence electrons. The van der Waals surface area contributed by atoms with E-state index in [4.69, 9.17) is 0 Å². The number of aryl methyl sites for hydroxylation is 2. The van der Waals surface area contributed by atoms with Crippen molar-refractivity contribution >= 4 is 22.9 Å². The van der Waals surface area contributed by atoms with Crippen LogP contribution in [0.2, 0.25) is 0 Å². The average molecular weight is 388 g/mol. The van der Waals surface area contributed by atoms with E-state index in [1.807, 2.05) is 68.6 Å². The third kappa shape index (κ3) is 4.02. The van der Waals surface area contributed by atoms with Crippen LogP contribution in [0.15, 0.2) is 66.3 Å². The Balaban J connectivity index is 1.42. The monoisotopic (exact) mass is 388 g/mol. The number of carbonyl (C=O) groups is 1. The van der Waals surface area contributed by atoms with Crippen molar-refractivity contribution in [1.82, 2.24) is 14.5 Å². The Morgan fingerprint density at radius 2 is 1.82 bits per heavy atom. The first-order valence-electron chi connectivity index (χ1n) is 8.99. The van der Waals surface area contributed by atoms with Gasteiger partial charge in [-0.2, -0.15) is 0 Å². The largest absolute Gasteiger partial charge is 0.331 e. The molecular weight excluding hydrogens is 368 g/mol. The van der Waals surface area contributed by atoms with E-state index in [1.54, 1.807) is 11.6 Å². The highest BCUT2D eigenvalue weighted by Crippen LogP contribution is 2.24. The lowest BCUT2D eigenvalue weighted by atomic mass is 10.2. The van der Waals surface area contributed by atoms with Crippen molar-refractivity contribution in [3.63, 3.8) is 0 Å². The fourth-order valence-electron chi connectivity index (χ4n) is 2.86. The van der Waals surface area contributed by atoms with Gasteiger partial charge in [-0.25, -0.2) is 9.97 Å². The number of imidazole rings is 1. The zero-order valence-electron chi connectivity index (χ0n) is 15.7. The molecule has 0 saturated carbocycles. The number of anilines is 1. The van der Waals surface area contributed by atoms with Crippen LogP contribution in [-0.2, 0) is 6.54 Å². The molecule has 0 fully saturated rings. The van der Waals surface area contributed by atoms with Gasteiger partial charge in [-0.3, -0.25) is 4.79 Å². The van der Waals surface area contributed by atoms with E-state index in [0.717, 1.165) is 34.2 Å². The van der Waals surface area contributed by atoms with Crippen LogP contribution in [0.5, 0.6) is 0 Å². The number of aromatic nitrogens is 3. The van der Waals surface area contributed by atoms with E-state index >= 15 is 0 Å². The highest BCUT2D eigenvalue weighted by atomic mass is 32.1. The van der Waals surface area contributed by atoms with Gasteiger partial charge in [-0.1, -0.05) is 42.0 Å². The predicted molar refractivity (Wildman–Crippen MR) is 113 cm³/mol. The first-order chi connectivity index (χ1) is 13.6. The third-order valence-electron chi connectivity index (χ3n) is 4.52. The summed E-state index contributed by atoms with van der Waals surface area (Å²) in [6, 6.07) is 16.0. The van der Waals surface area contributed by atoms with E-state index in [0.29, 0.717) is 5.69 Å². The van der Waals surface area contributed by atoms with E-state index < -0.39 is 0 Å². The molecule has 6 heteroatoms. The van der Waals surface area contributed by atoms with Crippen LogP contribution in [0.1, 0.15) is 27.4 Å². The number of thiazole rings is 1. The molecule has 1 amide bonds. The minimum Gasteiger partial charge on any atom is -0.331 e. The van der Waals surface area contributed by atoms with E-state index in [1.165, 1.54) is 16.9 Å². The van der Waals surface area contributed by atoms with Crippen molar-refractivity contribution in [2.75, 3.05) is 5.32 Å². The van der Waals surface area contributed by atoms with Gasteiger partial charge in [0.25, 0.3) is 5.91 Å². The van der Waals surface area contributed by atoms with Crippen LogP contribution in [0.3, 0.4) is 0 Å².